The van der Waals surface area contributed by atoms with Crippen LogP contribution in [0, 0.1) is 0 Å². The fraction of sp³-hybridized carbons (Fsp3) is 0.294. The molecule has 2 aromatic rings. The number of nitrogens with one attached hydrogen (secondary N) is 1. The molecule has 3 N–H and O–H groups in total. The lowest BCUT2D eigenvalue weighted by atomic mass is 10.1. The average Bonchev–Trinajstić information content (AvgIpc) is 2.62. The molecule has 1 fully saturated rings. The van der Waals surface area contributed by atoms with Gasteiger partial charge >= 0.3 is 0 Å². The van der Waals surface area contributed by atoms with Crippen molar-refractivity contribution < 1.29 is 14.3 Å². The van der Waals surface area contributed by atoms with Crippen LogP contribution >= 0.6 is 0 Å². The molecule has 0 saturated carbocycles. The summed E-state index contributed by atoms with van der Waals surface area (Å²) in [7, 11) is 0. The van der Waals surface area contributed by atoms with Crippen molar-refractivity contribution in [3.8, 4) is 11.1 Å². The molecule has 0 radical (unpaired) electrons. The van der Waals surface area contributed by atoms with Gasteiger partial charge in [-0.2, -0.15) is 0 Å². The third-order valence-electron chi connectivity index (χ3n) is 3.84. The maximum Gasteiger partial charge on any atom is 0.257 e. The van der Waals surface area contributed by atoms with Gasteiger partial charge in [0.2, 0.25) is 5.91 Å². The van der Waals surface area contributed by atoms with Crippen LogP contribution < -0.4 is 11.1 Å². The van der Waals surface area contributed by atoms with Crippen LogP contribution in [-0.2, 0) is 9.53 Å². The molecule has 130 valence electrons. The predicted molar refractivity (Wildman–Crippen MR) is 92.9 cm³/mol. The van der Waals surface area contributed by atoms with Crippen LogP contribution in [0.15, 0.2) is 30.6 Å². The second-order valence-corrected chi connectivity index (χ2v) is 5.67. The van der Waals surface area contributed by atoms with Gasteiger partial charge in [-0.1, -0.05) is 0 Å². The van der Waals surface area contributed by atoms with E-state index in [9.17, 15) is 9.59 Å². The molecule has 8 nitrogen and oxygen atoms in total. The number of hydrogen-bond donors (Lipinski definition) is 2. The highest BCUT2D eigenvalue weighted by Gasteiger charge is 2.21. The minimum absolute atomic E-state index is 0.161. The van der Waals surface area contributed by atoms with Crippen molar-refractivity contribution >= 4 is 23.5 Å². The van der Waals surface area contributed by atoms with E-state index in [0.29, 0.717) is 37.7 Å². The van der Waals surface area contributed by atoms with Gasteiger partial charge in [0.25, 0.3) is 5.91 Å². The lowest BCUT2D eigenvalue weighted by Crippen LogP contribution is -2.41. The standard InChI is InChI=1S/C17H19N5O3/c1-11(23)21-15-9-12(2-3-19-15)13-8-14(16(18)20-10-13)17(24)22-4-6-25-7-5-22/h2-3,8-10H,4-7H2,1H3,(H2,18,20)(H,19,21,23). The lowest BCUT2D eigenvalue weighted by molar-refractivity contribution is -0.114. The molecule has 8 heteroatoms. The van der Waals surface area contributed by atoms with Crippen LogP contribution in [0.4, 0.5) is 11.6 Å². The first kappa shape index (κ1) is 16.8. The van der Waals surface area contributed by atoms with Gasteiger partial charge in [-0.15, -0.1) is 0 Å². The number of nitrogens with zero attached hydrogens (tertiary/aromatic N) is 3. The summed E-state index contributed by atoms with van der Waals surface area (Å²) in [5.74, 6) is 0.258. The molecule has 2 amide bonds. The summed E-state index contributed by atoms with van der Waals surface area (Å²) >= 11 is 0. The molecule has 25 heavy (non-hydrogen) atoms. The molecule has 0 atom stereocenters. The minimum Gasteiger partial charge on any atom is -0.383 e. The van der Waals surface area contributed by atoms with Gasteiger partial charge in [-0.25, -0.2) is 9.97 Å². The number of aromatic nitrogens is 2. The number of nitrogen functional groups attached to an aromatic ring is 1. The maximum absolute atomic E-state index is 12.7. The number of hydrogen-bond acceptors (Lipinski definition) is 6. The first-order valence-corrected chi connectivity index (χ1v) is 7.91. The Kier molecular flexibility index (Phi) is 4.90. The van der Waals surface area contributed by atoms with Crippen LogP contribution in [0.25, 0.3) is 11.1 Å². The molecule has 0 aromatic carbocycles. The van der Waals surface area contributed by atoms with E-state index < -0.39 is 0 Å². The zero-order valence-corrected chi connectivity index (χ0v) is 13.9. The number of carbonyl (C=O) groups excluding carboxylic acids is 2. The number of anilines is 2. The zero-order valence-electron chi connectivity index (χ0n) is 13.9. The lowest BCUT2D eigenvalue weighted by Gasteiger charge is -2.27. The molecule has 3 heterocycles. The molecule has 1 aliphatic heterocycles. The van der Waals surface area contributed by atoms with E-state index in [1.165, 1.54) is 6.92 Å². The second-order valence-electron chi connectivity index (χ2n) is 5.67. The summed E-state index contributed by atoms with van der Waals surface area (Å²) in [6.07, 6.45) is 3.18. The first-order valence-electron chi connectivity index (χ1n) is 7.91. The van der Waals surface area contributed by atoms with Crippen LogP contribution in [-0.4, -0.2) is 53.0 Å². The molecular weight excluding hydrogens is 322 g/mol. The van der Waals surface area contributed by atoms with Crippen molar-refractivity contribution in [2.45, 2.75) is 6.92 Å². The Hall–Kier alpha value is -3.00. The summed E-state index contributed by atoms with van der Waals surface area (Å²) in [4.78, 5) is 33.8. The fourth-order valence-electron chi connectivity index (χ4n) is 2.60. The zero-order chi connectivity index (χ0) is 17.8. The van der Waals surface area contributed by atoms with E-state index in [1.807, 2.05) is 0 Å². The summed E-state index contributed by atoms with van der Waals surface area (Å²) in [5, 5.41) is 2.63. The van der Waals surface area contributed by atoms with Gasteiger partial charge < -0.3 is 20.7 Å². The molecular formula is C17H19N5O3. The number of amides is 2. The summed E-state index contributed by atoms with van der Waals surface area (Å²) < 4.78 is 5.27. The Morgan fingerprint density at radius 3 is 2.68 bits per heavy atom. The Labute approximate surface area is 145 Å². The van der Waals surface area contributed by atoms with E-state index in [1.54, 1.807) is 35.5 Å². The maximum atomic E-state index is 12.7. The number of rotatable bonds is 3. The van der Waals surface area contributed by atoms with Gasteiger partial charge in [0, 0.05) is 38.0 Å². The molecule has 1 saturated heterocycles. The quantitative estimate of drug-likeness (QED) is 0.867. The smallest absolute Gasteiger partial charge is 0.257 e. The van der Waals surface area contributed by atoms with Crippen molar-refractivity contribution in [3.63, 3.8) is 0 Å². The molecule has 2 aromatic heterocycles. The van der Waals surface area contributed by atoms with Crippen LogP contribution in [0.2, 0.25) is 0 Å². The minimum atomic E-state index is -0.205. The van der Waals surface area contributed by atoms with Gasteiger partial charge in [0.15, 0.2) is 0 Å². The summed E-state index contributed by atoms with van der Waals surface area (Å²) in [5.41, 5.74) is 7.77. The Bertz CT molecular complexity index is 803. The molecule has 0 bridgehead atoms. The van der Waals surface area contributed by atoms with Crippen molar-refractivity contribution in [1.29, 1.82) is 0 Å². The normalized spacial score (nSPS) is 14.2. The van der Waals surface area contributed by atoms with Gasteiger partial charge in [0.05, 0.1) is 18.8 Å². The predicted octanol–water partition coefficient (Wildman–Crippen LogP) is 1.16. The van der Waals surface area contributed by atoms with E-state index in [0.717, 1.165) is 11.1 Å². The second kappa shape index (κ2) is 7.27. The fourth-order valence-corrected chi connectivity index (χ4v) is 2.60. The van der Waals surface area contributed by atoms with Crippen LogP contribution in [0.3, 0.4) is 0 Å². The monoisotopic (exact) mass is 341 g/mol. The number of nitrogens with two attached hydrogens (primary N) is 1. The van der Waals surface area contributed by atoms with Gasteiger partial charge in [-0.05, 0) is 23.8 Å². The van der Waals surface area contributed by atoms with Gasteiger partial charge in [0.1, 0.15) is 11.6 Å². The van der Waals surface area contributed by atoms with E-state index in [-0.39, 0.29) is 17.6 Å². The van der Waals surface area contributed by atoms with Crippen molar-refractivity contribution in [3.05, 3.63) is 36.2 Å². The Balaban J connectivity index is 1.91. The summed E-state index contributed by atoms with van der Waals surface area (Å²) in [6, 6.07) is 5.21. The molecule has 0 aliphatic carbocycles. The van der Waals surface area contributed by atoms with E-state index in [2.05, 4.69) is 15.3 Å². The highest BCUT2D eigenvalue weighted by Crippen LogP contribution is 2.24. The molecule has 0 unspecified atom stereocenters. The Morgan fingerprint density at radius 1 is 1.20 bits per heavy atom. The van der Waals surface area contributed by atoms with Gasteiger partial charge in [-0.3, -0.25) is 9.59 Å². The number of ether oxygens (including phenoxy) is 1. The summed E-state index contributed by atoms with van der Waals surface area (Å²) in [6.45, 7) is 3.51. The number of morpholine rings is 1. The highest BCUT2D eigenvalue weighted by molar-refractivity contribution is 5.99. The van der Waals surface area contributed by atoms with Crippen molar-refractivity contribution in [2.75, 3.05) is 37.4 Å². The average molecular weight is 341 g/mol. The first-order chi connectivity index (χ1) is 12.0. The van der Waals surface area contributed by atoms with Crippen LogP contribution in [0.1, 0.15) is 17.3 Å². The third kappa shape index (κ3) is 3.92. The SMILES string of the molecule is CC(=O)Nc1cc(-c2cnc(N)c(C(=O)N3CCOCC3)c2)ccn1. The van der Waals surface area contributed by atoms with Crippen molar-refractivity contribution in [1.82, 2.24) is 14.9 Å². The molecule has 0 spiro atoms. The number of carbonyl (C=O) groups is 2. The van der Waals surface area contributed by atoms with E-state index in [4.69, 9.17) is 10.5 Å². The van der Waals surface area contributed by atoms with E-state index >= 15 is 0 Å². The van der Waals surface area contributed by atoms with Crippen LogP contribution in [0.5, 0.6) is 0 Å². The third-order valence-corrected chi connectivity index (χ3v) is 3.84. The largest absolute Gasteiger partial charge is 0.383 e. The molecule has 3 rings (SSSR count). The highest BCUT2D eigenvalue weighted by atomic mass is 16.5. The van der Waals surface area contributed by atoms with Crippen molar-refractivity contribution in [2.24, 2.45) is 0 Å². The molecule has 1 aliphatic rings. The number of pyridine rings is 2. The topological polar surface area (TPSA) is 110 Å². The Morgan fingerprint density at radius 2 is 1.96 bits per heavy atom.